The number of hydrogen-bond donors (Lipinski definition) is 2. The van der Waals surface area contributed by atoms with Crippen LogP contribution in [0.3, 0.4) is 0 Å². The first-order valence-electron chi connectivity index (χ1n) is 8.95. The predicted molar refractivity (Wildman–Crippen MR) is 85.4 cm³/mol. The molecule has 1 heterocycles. The highest BCUT2D eigenvalue weighted by Gasteiger charge is 2.29. The van der Waals surface area contributed by atoms with Crippen molar-refractivity contribution in [2.45, 2.75) is 89.3 Å². The van der Waals surface area contributed by atoms with E-state index < -0.39 is 6.04 Å². The second-order valence-corrected chi connectivity index (χ2v) is 6.55. The number of unbranched alkanes of at least 4 members (excludes halogenated alkanes) is 1. The molecule has 0 aromatic rings. The van der Waals surface area contributed by atoms with Crippen LogP contribution in [0.25, 0.3) is 0 Å². The molecule has 2 aliphatic rings. The molecule has 1 unspecified atom stereocenters. The van der Waals surface area contributed by atoms with E-state index in [1.54, 1.807) is 0 Å². The highest BCUT2D eigenvalue weighted by molar-refractivity contribution is 5.87. The lowest BCUT2D eigenvalue weighted by Crippen LogP contribution is -2.49. The van der Waals surface area contributed by atoms with Crippen molar-refractivity contribution < 1.29 is 14.3 Å². The van der Waals surface area contributed by atoms with Crippen molar-refractivity contribution in [3.8, 4) is 0 Å². The Hall–Kier alpha value is -1.10. The van der Waals surface area contributed by atoms with E-state index in [0.29, 0.717) is 6.42 Å². The lowest BCUT2D eigenvalue weighted by atomic mass is 9.97. The van der Waals surface area contributed by atoms with E-state index in [-0.39, 0.29) is 24.0 Å². The summed E-state index contributed by atoms with van der Waals surface area (Å²) in [5.74, 6) is -0.300. The van der Waals surface area contributed by atoms with Crippen LogP contribution >= 0.6 is 0 Å². The third kappa shape index (κ3) is 5.27. The molecule has 0 aromatic carbocycles. The van der Waals surface area contributed by atoms with Crippen LogP contribution in [-0.4, -0.2) is 36.6 Å². The van der Waals surface area contributed by atoms with Gasteiger partial charge in [0.1, 0.15) is 12.1 Å². The van der Waals surface area contributed by atoms with Gasteiger partial charge in [-0.05, 0) is 51.5 Å². The quantitative estimate of drug-likeness (QED) is 0.708. The fourth-order valence-corrected chi connectivity index (χ4v) is 3.27. The number of esters is 1. The molecule has 0 radical (unpaired) electrons. The van der Waals surface area contributed by atoms with E-state index in [1.165, 1.54) is 6.42 Å². The van der Waals surface area contributed by atoms with Crippen LogP contribution in [0.15, 0.2) is 0 Å². The molecular weight excluding hydrogens is 280 g/mol. The van der Waals surface area contributed by atoms with Crippen molar-refractivity contribution in [1.29, 1.82) is 0 Å². The number of rotatable bonds is 7. The molecule has 2 N–H and O–H groups in total. The lowest BCUT2D eigenvalue weighted by Gasteiger charge is -2.25. The van der Waals surface area contributed by atoms with E-state index in [4.69, 9.17) is 4.74 Å². The van der Waals surface area contributed by atoms with E-state index in [1.807, 2.05) is 0 Å². The number of nitrogens with one attached hydrogen (secondary N) is 2. The van der Waals surface area contributed by atoms with Gasteiger partial charge in [0.25, 0.3) is 0 Å². The molecule has 2 atom stereocenters. The number of ether oxygens (including phenoxy) is 1. The number of carbonyl (C=O) groups is 2. The highest BCUT2D eigenvalue weighted by atomic mass is 16.5. The summed E-state index contributed by atoms with van der Waals surface area (Å²) < 4.78 is 5.64. The van der Waals surface area contributed by atoms with Crippen molar-refractivity contribution in [2.75, 3.05) is 6.54 Å². The lowest BCUT2D eigenvalue weighted by molar-refractivity contribution is -0.154. The molecule has 0 bridgehead atoms. The normalized spacial score (nSPS) is 24.0. The third-order valence-electron chi connectivity index (χ3n) is 4.66. The maximum absolute atomic E-state index is 12.4. The topological polar surface area (TPSA) is 67.4 Å². The van der Waals surface area contributed by atoms with Gasteiger partial charge >= 0.3 is 5.97 Å². The SMILES string of the molecule is CCCCC(NC(=O)[C@H]1CCCN1)C(=O)OC1CCCCC1. The summed E-state index contributed by atoms with van der Waals surface area (Å²) in [5, 5.41) is 6.08. The van der Waals surface area contributed by atoms with Crippen molar-refractivity contribution in [3.05, 3.63) is 0 Å². The maximum Gasteiger partial charge on any atom is 0.328 e. The monoisotopic (exact) mass is 310 g/mol. The minimum Gasteiger partial charge on any atom is -0.461 e. The van der Waals surface area contributed by atoms with E-state index in [9.17, 15) is 9.59 Å². The average Bonchev–Trinajstić information content (AvgIpc) is 3.06. The Morgan fingerprint density at radius 3 is 2.59 bits per heavy atom. The molecule has 1 aliphatic carbocycles. The molecule has 1 amide bonds. The van der Waals surface area contributed by atoms with Crippen LogP contribution in [0.2, 0.25) is 0 Å². The largest absolute Gasteiger partial charge is 0.461 e. The van der Waals surface area contributed by atoms with Crippen LogP contribution < -0.4 is 10.6 Å². The van der Waals surface area contributed by atoms with E-state index in [2.05, 4.69) is 17.6 Å². The number of amides is 1. The van der Waals surface area contributed by atoms with Crippen LogP contribution in [-0.2, 0) is 14.3 Å². The van der Waals surface area contributed by atoms with Gasteiger partial charge in [-0.1, -0.05) is 26.2 Å². The Kier molecular flexibility index (Phi) is 7.16. The summed E-state index contributed by atoms with van der Waals surface area (Å²) in [6, 6.07) is -0.636. The van der Waals surface area contributed by atoms with E-state index >= 15 is 0 Å². The molecule has 126 valence electrons. The van der Waals surface area contributed by atoms with Crippen LogP contribution in [0.5, 0.6) is 0 Å². The van der Waals surface area contributed by atoms with Gasteiger partial charge in [-0.2, -0.15) is 0 Å². The molecule has 2 rings (SSSR count). The summed E-state index contributed by atoms with van der Waals surface area (Å²) in [5.41, 5.74) is 0. The summed E-state index contributed by atoms with van der Waals surface area (Å²) in [7, 11) is 0. The second kappa shape index (κ2) is 9.13. The van der Waals surface area contributed by atoms with Gasteiger partial charge in [0, 0.05) is 0 Å². The standard InChI is InChI=1S/C17H30N2O3/c1-2-3-10-15(19-16(20)14-11-7-12-18-14)17(21)22-13-8-5-4-6-9-13/h13-15,18H,2-12H2,1H3,(H,19,20)/t14-,15?/m1/s1. The molecule has 1 aliphatic heterocycles. The molecule has 22 heavy (non-hydrogen) atoms. The molecule has 5 heteroatoms. The van der Waals surface area contributed by atoms with Gasteiger partial charge in [-0.3, -0.25) is 4.79 Å². The van der Waals surface area contributed by atoms with Gasteiger partial charge in [0.05, 0.1) is 6.04 Å². The average molecular weight is 310 g/mol. The smallest absolute Gasteiger partial charge is 0.328 e. The highest BCUT2D eigenvalue weighted by Crippen LogP contribution is 2.21. The molecular formula is C17H30N2O3. The Balaban J connectivity index is 1.85. The first-order valence-corrected chi connectivity index (χ1v) is 8.95. The molecule has 1 saturated carbocycles. The first-order chi connectivity index (χ1) is 10.7. The van der Waals surface area contributed by atoms with Gasteiger partial charge in [0.15, 0.2) is 0 Å². The fraction of sp³-hybridized carbons (Fsp3) is 0.882. The first kappa shape index (κ1) is 17.3. The molecule has 5 nitrogen and oxygen atoms in total. The summed E-state index contributed by atoms with van der Waals surface area (Å²) in [4.78, 5) is 24.6. The van der Waals surface area contributed by atoms with Gasteiger partial charge in [0.2, 0.25) is 5.91 Å². The van der Waals surface area contributed by atoms with Crippen LogP contribution in [0.4, 0.5) is 0 Å². The van der Waals surface area contributed by atoms with Crippen molar-refractivity contribution in [2.24, 2.45) is 0 Å². The van der Waals surface area contributed by atoms with E-state index in [0.717, 1.165) is 57.9 Å². The number of carbonyl (C=O) groups excluding carboxylic acids is 2. The van der Waals surface area contributed by atoms with Crippen molar-refractivity contribution in [3.63, 3.8) is 0 Å². The zero-order chi connectivity index (χ0) is 15.8. The molecule has 1 saturated heterocycles. The van der Waals surface area contributed by atoms with Gasteiger partial charge in [-0.15, -0.1) is 0 Å². The Morgan fingerprint density at radius 2 is 1.95 bits per heavy atom. The Morgan fingerprint density at radius 1 is 1.18 bits per heavy atom. The maximum atomic E-state index is 12.4. The summed E-state index contributed by atoms with van der Waals surface area (Å²) in [6.07, 6.45) is 9.94. The molecule has 2 fully saturated rings. The Bertz CT molecular complexity index is 361. The van der Waals surface area contributed by atoms with Crippen LogP contribution in [0.1, 0.15) is 71.1 Å². The minimum atomic E-state index is -0.489. The summed E-state index contributed by atoms with van der Waals surface area (Å²) in [6.45, 7) is 2.97. The number of hydrogen-bond acceptors (Lipinski definition) is 4. The zero-order valence-corrected chi connectivity index (χ0v) is 13.7. The summed E-state index contributed by atoms with van der Waals surface area (Å²) >= 11 is 0. The molecule has 0 spiro atoms. The second-order valence-electron chi connectivity index (χ2n) is 6.55. The van der Waals surface area contributed by atoms with Crippen LogP contribution in [0, 0.1) is 0 Å². The fourth-order valence-electron chi connectivity index (χ4n) is 3.27. The third-order valence-corrected chi connectivity index (χ3v) is 4.66. The van der Waals surface area contributed by atoms with Gasteiger partial charge < -0.3 is 15.4 Å². The predicted octanol–water partition coefficient (Wildman–Crippen LogP) is 2.29. The minimum absolute atomic E-state index is 0.0480. The Labute approximate surface area is 133 Å². The van der Waals surface area contributed by atoms with Gasteiger partial charge in [-0.25, -0.2) is 4.79 Å². The van der Waals surface area contributed by atoms with Crippen molar-refractivity contribution >= 4 is 11.9 Å². The zero-order valence-electron chi connectivity index (χ0n) is 13.7. The molecule has 0 aromatic heterocycles. The van der Waals surface area contributed by atoms with Crippen molar-refractivity contribution in [1.82, 2.24) is 10.6 Å².